The van der Waals surface area contributed by atoms with Crippen LogP contribution in [0.4, 0.5) is 5.69 Å². The molecule has 0 bridgehead atoms. The molecule has 1 unspecified atom stereocenters. The van der Waals surface area contributed by atoms with Crippen LogP contribution in [-0.2, 0) is 7.05 Å². The van der Waals surface area contributed by atoms with Gasteiger partial charge in [-0.1, -0.05) is 13.8 Å². The number of pyridine rings is 1. The molecule has 0 amide bonds. The van der Waals surface area contributed by atoms with Crippen molar-refractivity contribution in [3.8, 4) is 0 Å². The number of anilines is 1. The Morgan fingerprint density at radius 1 is 1.48 bits per heavy atom. The summed E-state index contributed by atoms with van der Waals surface area (Å²) in [6.45, 7) is 4.50. The van der Waals surface area contributed by atoms with Crippen molar-refractivity contribution >= 4 is 22.7 Å². The molecule has 2 aromatic rings. The van der Waals surface area contributed by atoms with Gasteiger partial charge in [0.25, 0.3) is 0 Å². The highest BCUT2D eigenvalue weighted by atomic mass is 16.4. The highest BCUT2D eigenvalue weighted by molar-refractivity contribution is 6.03. The Morgan fingerprint density at radius 3 is 2.86 bits per heavy atom. The molecule has 3 rings (SSSR count). The Hall–Kier alpha value is -2.11. The van der Waals surface area contributed by atoms with Crippen LogP contribution in [0.3, 0.4) is 0 Å². The minimum atomic E-state index is -0.965. The van der Waals surface area contributed by atoms with Crippen LogP contribution >= 0.6 is 0 Å². The number of hydrogen-bond donors (Lipinski definition) is 2. The van der Waals surface area contributed by atoms with Crippen LogP contribution in [0.25, 0.3) is 11.0 Å². The van der Waals surface area contributed by atoms with Gasteiger partial charge in [-0.2, -0.15) is 5.10 Å². The van der Waals surface area contributed by atoms with Gasteiger partial charge in [0.1, 0.15) is 5.56 Å². The summed E-state index contributed by atoms with van der Waals surface area (Å²) in [5, 5.41) is 17.8. The predicted octanol–water partition coefficient (Wildman–Crippen LogP) is 2.66. The third-order valence-corrected chi connectivity index (χ3v) is 4.31. The van der Waals surface area contributed by atoms with Crippen LogP contribution in [0.15, 0.2) is 12.4 Å². The lowest BCUT2D eigenvalue weighted by atomic mass is 9.92. The Balaban J connectivity index is 2.03. The molecular weight excluding hydrogens is 268 g/mol. The second kappa shape index (κ2) is 4.72. The maximum atomic E-state index is 11.5. The van der Waals surface area contributed by atoms with Crippen molar-refractivity contribution in [2.45, 2.75) is 39.2 Å². The van der Waals surface area contributed by atoms with E-state index in [0.29, 0.717) is 22.8 Å². The second-order valence-electron chi connectivity index (χ2n) is 6.61. The largest absolute Gasteiger partial charge is 0.478 e. The number of nitrogens with one attached hydrogen (secondary N) is 1. The SMILES string of the molecule is Cn1ncc2c(NC3CCC(C)(C)C3)c(C(=O)O)cnc21. The number of carbonyl (C=O) groups is 1. The normalized spacial score (nSPS) is 20.8. The van der Waals surface area contributed by atoms with Gasteiger partial charge in [-0.05, 0) is 24.7 Å². The summed E-state index contributed by atoms with van der Waals surface area (Å²) in [6, 6.07) is 0.295. The van der Waals surface area contributed by atoms with Crippen molar-refractivity contribution in [3.05, 3.63) is 18.0 Å². The van der Waals surface area contributed by atoms with Crippen LogP contribution in [-0.4, -0.2) is 31.9 Å². The van der Waals surface area contributed by atoms with Crippen molar-refractivity contribution in [1.29, 1.82) is 0 Å². The molecule has 1 aliphatic rings. The maximum absolute atomic E-state index is 11.5. The highest BCUT2D eigenvalue weighted by Gasteiger charge is 2.32. The summed E-state index contributed by atoms with van der Waals surface area (Å²) in [4.78, 5) is 15.7. The van der Waals surface area contributed by atoms with Gasteiger partial charge in [-0.15, -0.1) is 0 Å². The Kier molecular flexibility index (Phi) is 3.11. The lowest BCUT2D eigenvalue weighted by Crippen LogP contribution is -2.19. The van der Waals surface area contributed by atoms with Gasteiger partial charge in [0, 0.05) is 19.3 Å². The molecule has 0 spiro atoms. The molecule has 0 aromatic carbocycles. The number of carboxylic acids is 1. The van der Waals surface area contributed by atoms with E-state index in [1.54, 1.807) is 17.9 Å². The Labute approximate surface area is 123 Å². The summed E-state index contributed by atoms with van der Waals surface area (Å²) in [5.74, 6) is -0.965. The van der Waals surface area contributed by atoms with Gasteiger partial charge in [0.05, 0.1) is 17.3 Å². The lowest BCUT2D eigenvalue weighted by Gasteiger charge is -2.20. The third kappa shape index (κ3) is 2.46. The summed E-state index contributed by atoms with van der Waals surface area (Å²) in [7, 11) is 1.80. The molecule has 0 radical (unpaired) electrons. The number of carboxylic acid groups (broad SMARTS) is 1. The fraction of sp³-hybridized carbons (Fsp3) is 0.533. The molecule has 1 fully saturated rings. The quantitative estimate of drug-likeness (QED) is 0.907. The minimum Gasteiger partial charge on any atom is -0.478 e. The number of nitrogens with zero attached hydrogens (tertiary/aromatic N) is 3. The zero-order valence-electron chi connectivity index (χ0n) is 12.6. The lowest BCUT2D eigenvalue weighted by molar-refractivity contribution is 0.0697. The van der Waals surface area contributed by atoms with Gasteiger partial charge >= 0.3 is 5.97 Å². The number of aryl methyl sites for hydroxylation is 1. The molecule has 1 saturated carbocycles. The molecule has 112 valence electrons. The second-order valence-corrected chi connectivity index (χ2v) is 6.61. The molecule has 0 aliphatic heterocycles. The molecule has 1 atom stereocenters. The zero-order chi connectivity index (χ0) is 15.2. The topological polar surface area (TPSA) is 80.0 Å². The van der Waals surface area contributed by atoms with Crippen molar-refractivity contribution in [3.63, 3.8) is 0 Å². The van der Waals surface area contributed by atoms with E-state index in [1.807, 2.05) is 0 Å². The first-order valence-corrected chi connectivity index (χ1v) is 7.18. The van der Waals surface area contributed by atoms with Gasteiger partial charge in [0.15, 0.2) is 5.65 Å². The van der Waals surface area contributed by atoms with Gasteiger partial charge in [-0.3, -0.25) is 4.68 Å². The Morgan fingerprint density at radius 2 is 2.24 bits per heavy atom. The number of hydrogen-bond acceptors (Lipinski definition) is 4. The summed E-state index contributed by atoms with van der Waals surface area (Å²) < 4.78 is 1.66. The first kappa shape index (κ1) is 13.9. The monoisotopic (exact) mass is 288 g/mol. The fourth-order valence-corrected chi connectivity index (χ4v) is 3.18. The van der Waals surface area contributed by atoms with E-state index >= 15 is 0 Å². The molecule has 0 saturated heterocycles. The van der Waals surface area contributed by atoms with E-state index in [9.17, 15) is 9.90 Å². The smallest absolute Gasteiger partial charge is 0.339 e. The van der Waals surface area contributed by atoms with Crippen LogP contribution in [0.1, 0.15) is 43.5 Å². The standard InChI is InChI=1S/C15H20N4O2/c1-15(2)5-4-9(6-15)18-12-10-8-17-19(3)13(10)16-7-11(12)14(20)21/h7-9H,4-6H2,1-3H3,(H,16,18)(H,20,21). The molecule has 2 aromatic heterocycles. The van der Waals surface area contributed by atoms with Crippen molar-refractivity contribution in [2.24, 2.45) is 12.5 Å². The zero-order valence-corrected chi connectivity index (χ0v) is 12.6. The molecule has 21 heavy (non-hydrogen) atoms. The average molecular weight is 288 g/mol. The molecule has 2 N–H and O–H groups in total. The van der Waals surface area contributed by atoms with Crippen molar-refractivity contribution in [1.82, 2.24) is 14.8 Å². The predicted molar refractivity (Wildman–Crippen MR) is 80.5 cm³/mol. The third-order valence-electron chi connectivity index (χ3n) is 4.31. The van der Waals surface area contributed by atoms with Gasteiger partial charge in [-0.25, -0.2) is 9.78 Å². The van der Waals surface area contributed by atoms with E-state index in [0.717, 1.165) is 24.6 Å². The molecular formula is C15H20N4O2. The van der Waals surface area contributed by atoms with E-state index in [4.69, 9.17) is 0 Å². The number of fused-ring (bicyclic) bond motifs is 1. The van der Waals surface area contributed by atoms with Crippen LogP contribution in [0.2, 0.25) is 0 Å². The first-order chi connectivity index (χ1) is 9.87. The molecule has 6 heteroatoms. The van der Waals surface area contributed by atoms with Crippen molar-refractivity contribution in [2.75, 3.05) is 5.32 Å². The number of aromatic carboxylic acids is 1. The van der Waals surface area contributed by atoms with E-state index in [1.165, 1.54) is 6.20 Å². The first-order valence-electron chi connectivity index (χ1n) is 7.18. The van der Waals surface area contributed by atoms with Gasteiger partial charge < -0.3 is 10.4 Å². The van der Waals surface area contributed by atoms with Crippen LogP contribution in [0, 0.1) is 5.41 Å². The Bertz CT molecular complexity index is 705. The number of aromatic nitrogens is 3. The summed E-state index contributed by atoms with van der Waals surface area (Å²) in [5.41, 5.74) is 1.85. The summed E-state index contributed by atoms with van der Waals surface area (Å²) >= 11 is 0. The van der Waals surface area contributed by atoms with Crippen LogP contribution in [0.5, 0.6) is 0 Å². The highest BCUT2D eigenvalue weighted by Crippen LogP contribution is 2.39. The van der Waals surface area contributed by atoms with Crippen molar-refractivity contribution < 1.29 is 9.90 Å². The molecule has 2 heterocycles. The van der Waals surface area contributed by atoms with E-state index in [2.05, 4.69) is 29.2 Å². The van der Waals surface area contributed by atoms with Gasteiger partial charge in [0.2, 0.25) is 0 Å². The maximum Gasteiger partial charge on any atom is 0.339 e. The van der Waals surface area contributed by atoms with E-state index in [-0.39, 0.29) is 5.56 Å². The number of rotatable bonds is 3. The molecule has 1 aliphatic carbocycles. The minimum absolute atomic E-state index is 0.209. The van der Waals surface area contributed by atoms with E-state index < -0.39 is 5.97 Å². The average Bonchev–Trinajstić information content (AvgIpc) is 2.93. The fourth-order valence-electron chi connectivity index (χ4n) is 3.18. The molecule has 6 nitrogen and oxygen atoms in total. The summed E-state index contributed by atoms with van der Waals surface area (Å²) in [6.07, 6.45) is 6.33. The van der Waals surface area contributed by atoms with Crippen LogP contribution < -0.4 is 5.32 Å².